The molecule has 0 spiro atoms. The number of amides is 1. The van der Waals surface area contributed by atoms with E-state index in [2.05, 4.69) is 10.3 Å². The van der Waals surface area contributed by atoms with Gasteiger partial charge in [0.05, 0.1) is 12.2 Å². The van der Waals surface area contributed by atoms with Crippen LogP contribution >= 0.6 is 0 Å². The van der Waals surface area contributed by atoms with Crippen LogP contribution in [-0.2, 0) is 9.47 Å². The molecular weight excluding hydrogens is 244 g/mol. The zero-order valence-electron chi connectivity index (χ0n) is 11.4. The molecule has 0 radical (unpaired) electrons. The molecule has 2 N–H and O–H groups in total. The molecule has 1 aromatic rings. The van der Waals surface area contributed by atoms with Gasteiger partial charge in [-0.3, -0.25) is 4.79 Å². The minimum absolute atomic E-state index is 0.0346. The van der Waals surface area contributed by atoms with Crippen molar-refractivity contribution < 1.29 is 14.3 Å². The van der Waals surface area contributed by atoms with Crippen LogP contribution in [0.1, 0.15) is 41.6 Å². The fourth-order valence-electron chi connectivity index (χ4n) is 2.11. The number of aromatic amines is 1. The number of ether oxygens (including phenoxy) is 2. The predicted octanol–water partition coefficient (Wildman–Crippen LogP) is 1.99. The van der Waals surface area contributed by atoms with Crippen LogP contribution in [0.25, 0.3) is 0 Å². The molecule has 2 heterocycles. The number of hydrogen-bond acceptors (Lipinski definition) is 3. The van der Waals surface area contributed by atoms with Crippen LogP contribution in [0.15, 0.2) is 12.4 Å². The largest absolute Gasteiger partial charge is 0.367 e. The molecule has 1 atom stereocenters. The number of aryl methyl sites for hydroxylation is 1. The van der Waals surface area contributed by atoms with E-state index in [1.54, 1.807) is 6.20 Å². The number of nitrogens with one attached hydrogen (secondary N) is 2. The lowest BCUT2D eigenvalue weighted by Crippen LogP contribution is -2.27. The maximum Gasteiger partial charge on any atom is 0.253 e. The first-order valence-electron chi connectivity index (χ1n) is 6.92. The van der Waals surface area contributed by atoms with Crippen LogP contribution < -0.4 is 5.32 Å². The summed E-state index contributed by atoms with van der Waals surface area (Å²) < 4.78 is 11.1. The Kier molecular flexibility index (Phi) is 5.42. The van der Waals surface area contributed by atoms with Crippen molar-refractivity contribution in [3.63, 3.8) is 0 Å². The van der Waals surface area contributed by atoms with Crippen LogP contribution in [0.4, 0.5) is 0 Å². The summed E-state index contributed by atoms with van der Waals surface area (Å²) in [5.41, 5.74) is 1.67. The standard InChI is InChI=1S/C14H22N2O3/c1-11-9-15-10-12(11)14(17)16-6-4-8-19-13-5-2-3-7-18-13/h9-10,13,15H,2-8H2,1H3,(H,16,17)/t13-/m1/s1. The van der Waals surface area contributed by atoms with Gasteiger partial charge in [0.2, 0.25) is 0 Å². The normalized spacial score (nSPS) is 19.3. The van der Waals surface area contributed by atoms with Crippen LogP contribution in [0.3, 0.4) is 0 Å². The van der Waals surface area contributed by atoms with Gasteiger partial charge in [0.15, 0.2) is 6.29 Å². The summed E-state index contributed by atoms with van der Waals surface area (Å²) in [5.74, 6) is -0.0346. The van der Waals surface area contributed by atoms with Gasteiger partial charge in [0, 0.05) is 25.5 Å². The van der Waals surface area contributed by atoms with E-state index in [4.69, 9.17) is 9.47 Å². The van der Waals surface area contributed by atoms with Gasteiger partial charge >= 0.3 is 0 Å². The lowest BCUT2D eigenvalue weighted by Gasteiger charge is -2.22. The van der Waals surface area contributed by atoms with E-state index in [0.717, 1.165) is 31.4 Å². The van der Waals surface area contributed by atoms with Crippen molar-refractivity contribution in [2.24, 2.45) is 0 Å². The second-order valence-electron chi connectivity index (χ2n) is 4.83. The van der Waals surface area contributed by atoms with Gasteiger partial charge in [-0.25, -0.2) is 0 Å². The highest BCUT2D eigenvalue weighted by Crippen LogP contribution is 2.13. The minimum Gasteiger partial charge on any atom is -0.367 e. The first-order valence-corrected chi connectivity index (χ1v) is 6.92. The lowest BCUT2D eigenvalue weighted by atomic mass is 10.2. The highest BCUT2D eigenvalue weighted by Gasteiger charge is 2.13. The summed E-state index contributed by atoms with van der Waals surface area (Å²) in [6.07, 6.45) is 7.58. The van der Waals surface area contributed by atoms with E-state index in [9.17, 15) is 4.79 Å². The lowest BCUT2D eigenvalue weighted by molar-refractivity contribution is -0.162. The summed E-state index contributed by atoms with van der Waals surface area (Å²) in [6.45, 7) is 3.95. The zero-order valence-corrected chi connectivity index (χ0v) is 11.4. The van der Waals surface area contributed by atoms with Crippen LogP contribution in [0, 0.1) is 6.92 Å². The fraction of sp³-hybridized carbons (Fsp3) is 0.643. The maximum atomic E-state index is 11.8. The molecule has 19 heavy (non-hydrogen) atoms. The molecular formula is C14H22N2O3. The van der Waals surface area contributed by atoms with E-state index in [0.29, 0.717) is 18.7 Å². The quantitative estimate of drug-likeness (QED) is 0.774. The van der Waals surface area contributed by atoms with Crippen LogP contribution in [0.2, 0.25) is 0 Å². The van der Waals surface area contributed by atoms with Crippen molar-refractivity contribution in [2.45, 2.75) is 38.9 Å². The average molecular weight is 266 g/mol. The van der Waals surface area contributed by atoms with Crippen molar-refractivity contribution in [1.29, 1.82) is 0 Å². The van der Waals surface area contributed by atoms with Gasteiger partial charge < -0.3 is 19.8 Å². The predicted molar refractivity (Wildman–Crippen MR) is 72.0 cm³/mol. The molecule has 0 aromatic carbocycles. The molecule has 1 aliphatic heterocycles. The molecule has 2 rings (SSSR count). The van der Waals surface area contributed by atoms with Gasteiger partial charge in [-0.1, -0.05) is 0 Å². The number of carbonyl (C=O) groups excluding carboxylic acids is 1. The summed E-state index contributed by atoms with van der Waals surface area (Å²) >= 11 is 0. The topological polar surface area (TPSA) is 63.4 Å². The van der Waals surface area contributed by atoms with Crippen molar-refractivity contribution in [3.8, 4) is 0 Å². The van der Waals surface area contributed by atoms with Crippen molar-refractivity contribution in [1.82, 2.24) is 10.3 Å². The Morgan fingerprint density at radius 1 is 1.53 bits per heavy atom. The third kappa shape index (κ3) is 4.36. The number of hydrogen-bond donors (Lipinski definition) is 2. The van der Waals surface area contributed by atoms with Gasteiger partial charge in [0.1, 0.15) is 0 Å². The first kappa shape index (κ1) is 14.1. The van der Waals surface area contributed by atoms with Crippen molar-refractivity contribution >= 4 is 5.91 Å². The highest BCUT2D eigenvalue weighted by atomic mass is 16.7. The van der Waals surface area contributed by atoms with E-state index in [1.165, 1.54) is 6.42 Å². The van der Waals surface area contributed by atoms with E-state index in [-0.39, 0.29) is 12.2 Å². The molecule has 1 saturated heterocycles. The van der Waals surface area contributed by atoms with Crippen molar-refractivity contribution in [2.75, 3.05) is 19.8 Å². The van der Waals surface area contributed by atoms with Gasteiger partial charge in [-0.15, -0.1) is 0 Å². The number of aromatic nitrogens is 1. The molecule has 0 unspecified atom stereocenters. The second kappa shape index (κ2) is 7.31. The summed E-state index contributed by atoms with van der Waals surface area (Å²) in [6, 6.07) is 0. The zero-order chi connectivity index (χ0) is 13.5. The Labute approximate surface area is 113 Å². The number of carbonyl (C=O) groups is 1. The SMILES string of the molecule is Cc1c[nH]cc1C(=O)NCCCO[C@@H]1CCCCO1. The highest BCUT2D eigenvalue weighted by molar-refractivity contribution is 5.95. The Bertz CT molecular complexity index is 397. The number of rotatable bonds is 6. The first-order chi connectivity index (χ1) is 9.27. The fourth-order valence-corrected chi connectivity index (χ4v) is 2.11. The van der Waals surface area contributed by atoms with E-state index in [1.807, 2.05) is 13.1 Å². The third-order valence-electron chi connectivity index (χ3n) is 3.25. The molecule has 106 valence electrons. The Morgan fingerprint density at radius 2 is 2.42 bits per heavy atom. The van der Waals surface area contributed by atoms with Crippen LogP contribution in [-0.4, -0.2) is 36.9 Å². The third-order valence-corrected chi connectivity index (χ3v) is 3.25. The molecule has 5 heteroatoms. The number of H-pyrrole nitrogens is 1. The van der Waals surface area contributed by atoms with E-state index < -0.39 is 0 Å². The van der Waals surface area contributed by atoms with Crippen molar-refractivity contribution in [3.05, 3.63) is 23.5 Å². The minimum atomic E-state index is -0.0450. The maximum absolute atomic E-state index is 11.8. The van der Waals surface area contributed by atoms with Crippen LogP contribution in [0.5, 0.6) is 0 Å². The molecule has 1 aliphatic rings. The molecule has 0 bridgehead atoms. The van der Waals surface area contributed by atoms with E-state index >= 15 is 0 Å². The molecule has 5 nitrogen and oxygen atoms in total. The molecule has 1 aromatic heterocycles. The molecule has 0 saturated carbocycles. The Balaban J connectivity index is 1.56. The average Bonchev–Trinajstić information content (AvgIpc) is 2.86. The summed E-state index contributed by atoms with van der Waals surface area (Å²) in [7, 11) is 0. The summed E-state index contributed by atoms with van der Waals surface area (Å²) in [5, 5.41) is 2.88. The van der Waals surface area contributed by atoms with Gasteiger partial charge in [-0.2, -0.15) is 0 Å². The molecule has 1 fully saturated rings. The van der Waals surface area contributed by atoms with Gasteiger partial charge in [-0.05, 0) is 38.2 Å². The van der Waals surface area contributed by atoms with Gasteiger partial charge in [0.25, 0.3) is 5.91 Å². The molecule has 1 amide bonds. The molecule has 0 aliphatic carbocycles. The monoisotopic (exact) mass is 266 g/mol. The Hall–Kier alpha value is -1.33. The summed E-state index contributed by atoms with van der Waals surface area (Å²) in [4.78, 5) is 14.7. The second-order valence-corrected chi connectivity index (χ2v) is 4.83. The smallest absolute Gasteiger partial charge is 0.253 e. The Morgan fingerprint density at radius 3 is 3.11 bits per heavy atom.